The second-order valence-electron chi connectivity index (χ2n) is 2.77. The van der Waals surface area contributed by atoms with Gasteiger partial charge in [0.1, 0.15) is 5.75 Å². The largest absolute Gasteiger partial charge is 0.495 e. The summed E-state index contributed by atoms with van der Waals surface area (Å²) in [6, 6.07) is 5.56. The maximum atomic E-state index is 5.88. The van der Waals surface area contributed by atoms with E-state index in [1.165, 1.54) is 0 Å². The van der Waals surface area contributed by atoms with Crippen molar-refractivity contribution < 1.29 is 9.47 Å². The minimum absolute atomic E-state index is 0.616. The minimum Gasteiger partial charge on any atom is -0.495 e. The van der Waals surface area contributed by atoms with E-state index in [9.17, 15) is 0 Å². The fraction of sp³-hybridized carbons (Fsp3) is 0.400. The number of nitrogens with one attached hydrogen (secondary N) is 1. The molecular weight excluding hydrogens is 202 g/mol. The van der Waals surface area contributed by atoms with Crippen molar-refractivity contribution >= 4 is 17.3 Å². The lowest BCUT2D eigenvalue weighted by molar-refractivity contribution is 0.211. The maximum Gasteiger partial charge on any atom is 0.139 e. The third-order valence-corrected chi connectivity index (χ3v) is 2.10. The highest BCUT2D eigenvalue weighted by Crippen LogP contribution is 2.27. The number of halogens is 1. The first-order chi connectivity index (χ1) is 6.77. The number of anilines is 1. The Bertz CT molecular complexity index is 291. The molecule has 0 atom stereocenters. The van der Waals surface area contributed by atoms with E-state index in [0.29, 0.717) is 17.4 Å². The van der Waals surface area contributed by atoms with Crippen molar-refractivity contribution in [3.63, 3.8) is 0 Å². The van der Waals surface area contributed by atoms with E-state index in [1.54, 1.807) is 20.3 Å². The summed E-state index contributed by atoms with van der Waals surface area (Å²) in [6.45, 7) is 1.44. The predicted octanol–water partition coefficient (Wildman–Crippen LogP) is 2.41. The van der Waals surface area contributed by atoms with Gasteiger partial charge in [0.15, 0.2) is 0 Å². The zero-order chi connectivity index (χ0) is 10.4. The molecule has 0 radical (unpaired) electrons. The highest BCUT2D eigenvalue weighted by molar-refractivity contribution is 6.32. The number of rotatable bonds is 5. The third-order valence-electron chi connectivity index (χ3n) is 1.79. The molecule has 0 saturated carbocycles. The van der Waals surface area contributed by atoms with E-state index in [2.05, 4.69) is 5.32 Å². The van der Waals surface area contributed by atoms with Gasteiger partial charge in [0.05, 0.1) is 18.7 Å². The molecule has 78 valence electrons. The number of hydrogen-bond acceptors (Lipinski definition) is 3. The normalized spacial score (nSPS) is 9.93. The van der Waals surface area contributed by atoms with Crippen LogP contribution in [0.2, 0.25) is 5.02 Å². The van der Waals surface area contributed by atoms with Gasteiger partial charge in [-0.3, -0.25) is 0 Å². The summed E-state index contributed by atoms with van der Waals surface area (Å²) in [5.41, 5.74) is 0.975. The molecule has 0 bridgehead atoms. The van der Waals surface area contributed by atoms with Gasteiger partial charge in [0, 0.05) is 25.4 Å². The smallest absolute Gasteiger partial charge is 0.139 e. The molecule has 1 N–H and O–H groups in total. The molecule has 1 aromatic rings. The number of ether oxygens (including phenoxy) is 2. The number of methoxy groups -OCH3 is 2. The molecule has 0 saturated heterocycles. The molecule has 14 heavy (non-hydrogen) atoms. The molecule has 0 aromatic heterocycles. The van der Waals surface area contributed by atoms with Crippen molar-refractivity contribution in [1.29, 1.82) is 0 Å². The van der Waals surface area contributed by atoms with E-state index in [0.717, 1.165) is 12.2 Å². The monoisotopic (exact) mass is 215 g/mol. The summed E-state index contributed by atoms with van der Waals surface area (Å²) >= 11 is 5.88. The molecule has 0 spiro atoms. The molecule has 4 heteroatoms. The first-order valence-corrected chi connectivity index (χ1v) is 4.72. The quantitative estimate of drug-likeness (QED) is 0.766. The highest BCUT2D eigenvalue weighted by atomic mass is 35.5. The lowest BCUT2D eigenvalue weighted by Gasteiger charge is -2.08. The Hall–Kier alpha value is -0.930. The van der Waals surface area contributed by atoms with E-state index < -0.39 is 0 Å². The first kappa shape index (κ1) is 11.1. The van der Waals surface area contributed by atoms with Crippen LogP contribution in [0.5, 0.6) is 5.75 Å². The van der Waals surface area contributed by atoms with E-state index in [4.69, 9.17) is 21.1 Å². The van der Waals surface area contributed by atoms with Crippen LogP contribution in [0.1, 0.15) is 0 Å². The Balaban J connectivity index is 2.60. The zero-order valence-corrected chi connectivity index (χ0v) is 9.10. The van der Waals surface area contributed by atoms with E-state index >= 15 is 0 Å². The molecule has 3 nitrogen and oxygen atoms in total. The summed E-state index contributed by atoms with van der Waals surface area (Å²) in [6.07, 6.45) is 0. The SMILES string of the molecule is COCCNc1ccc(Cl)c(OC)c1. The second-order valence-corrected chi connectivity index (χ2v) is 3.18. The van der Waals surface area contributed by atoms with Crippen LogP contribution in [0, 0.1) is 0 Å². The average molecular weight is 216 g/mol. The van der Waals surface area contributed by atoms with Crippen molar-refractivity contribution in [3.8, 4) is 5.75 Å². The van der Waals surface area contributed by atoms with Gasteiger partial charge in [0.2, 0.25) is 0 Å². The first-order valence-electron chi connectivity index (χ1n) is 4.34. The van der Waals surface area contributed by atoms with Gasteiger partial charge in [-0.2, -0.15) is 0 Å². The van der Waals surface area contributed by atoms with Gasteiger partial charge in [-0.15, -0.1) is 0 Å². The van der Waals surface area contributed by atoms with E-state index in [1.807, 2.05) is 12.1 Å². The van der Waals surface area contributed by atoms with Crippen molar-refractivity contribution in [2.24, 2.45) is 0 Å². The van der Waals surface area contributed by atoms with Gasteiger partial charge in [-0.05, 0) is 12.1 Å². The average Bonchev–Trinajstić information content (AvgIpc) is 2.21. The molecular formula is C10H14ClNO2. The van der Waals surface area contributed by atoms with Gasteiger partial charge < -0.3 is 14.8 Å². The van der Waals surface area contributed by atoms with Gasteiger partial charge >= 0.3 is 0 Å². The Morgan fingerprint density at radius 1 is 1.36 bits per heavy atom. The van der Waals surface area contributed by atoms with Crippen LogP contribution in [-0.4, -0.2) is 27.4 Å². The number of benzene rings is 1. The Kier molecular flexibility index (Phi) is 4.56. The van der Waals surface area contributed by atoms with Crippen molar-refractivity contribution in [3.05, 3.63) is 23.2 Å². The Labute approximate surface area is 89.0 Å². The predicted molar refractivity (Wildman–Crippen MR) is 58.4 cm³/mol. The number of hydrogen-bond donors (Lipinski definition) is 1. The van der Waals surface area contributed by atoms with Crippen LogP contribution >= 0.6 is 11.6 Å². The van der Waals surface area contributed by atoms with Crippen molar-refractivity contribution in [2.45, 2.75) is 0 Å². The summed E-state index contributed by atoms with van der Waals surface area (Å²) < 4.78 is 10.0. The summed E-state index contributed by atoms with van der Waals surface area (Å²) in [5.74, 6) is 0.675. The molecule has 0 aliphatic heterocycles. The Morgan fingerprint density at radius 2 is 2.14 bits per heavy atom. The van der Waals surface area contributed by atoms with Crippen LogP contribution in [0.4, 0.5) is 5.69 Å². The lowest BCUT2D eigenvalue weighted by atomic mass is 10.3. The summed E-state index contributed by atoms with van der Waals surface area (Å²) in [5, 5.41) is 3.80. The van der Waals surface area contributed by atoms with Gasteiger partial charge in [-0.1, -0.05) is 11.6 Å². The topological polar surface area (TPSA) is 30.5 Å². The standard InChI is InChI=1S/C10H14ClNO2/c1-13-6-5-12-8-3-4-9(11)10(7-8)14-2/h3-4,7,12H,5-6H2,1-2H3. The molecule has 0 fully saturated rings. The molecule has 1 aromatic carbocycles. The summed E-state index contributed by atoms with van der Waals surface area (Å²) in [7, 11) is 3.27. The van der Waals surface area contributed by atoms with Crippen molar-refractivity contribution in [1.82, 2.24) is 0 Å². The summed E-state index contributed by atoms with van der Waals surface area (Å²) in [4.78, 5) is 0. The Morgan fingerprint density at radius 3 is 2.79 bits per heavy atom. The van der Waals surface area contributed by atoms with Gasteiger partial charge in [-0.25, -0.2) is 0 Å². The highest BCUT2D eigenvalue weighted by Gasteiger charge is 2.00. The zero-order valence-electron chi connectivity index (χ0n) is 8.34. The van der Waals surface area contributed by atoms with E-state index in [-0.39, 0.29) is 0 Å². The van der Waals surface area contributed by atoms with Crippen LogP contribution in [0.25, 0.3) is 0 Å². The van der Waals surface area contributed by atoms with Crippen LogP contribution in [0.3, 0.4) is 0 Å². The molecule has 0 aliphatic rings. The van der Waals surface area contributed by atoms with Gasteiger partial charge in [0.25, 0.3) is 0 Å². The molecule has 0 unspecified atom stereocenters. The fourth-order valence-corrected chi connectivity index (χ4v) is 1.26. The van der Waals surface area contributed by atoms with Crippen molar-refractivity contribution in [2.75, 3.05) is 32.7 Å². The van der Waals surface area contributed by atoms with Crippen LogP contribution in [0.15, 0.2) is 18.2 Å². The molecule has 1 rings (SSSR count). The van der Waals surface area contributed by atoms with Crippen LogP contribution in [-0.2, 0) is 4.74 Å². The van der Waals surface area contributed by atoms with Crippen LogP contribution < -0.4 is 10.1 Å². The second kappa shape index (κ2) is 5.73. The fourth-order valence-electron chi connectivity index (χ4n) is 1.07. The third kappa shape index (κ3) is 3.09. The molecule has 0 aliphatic carbocycles. The molecule has 0 heterocycles. The minimum atomic E-state index is 0.616. The lowest BCUT2D eigenvalue weighted by Crippen LogP contribution is -2.07. The maximum absolute atomic E-state index is 5.88. The molecule has 0 amide bonds.